The van der Waals surface area contributed by atoms with Crippen LogP contribution in [0.3, 0.4) is 0 Å². The van der Waals surface area contributed by atoms with Crippen molar-refractivity contribution in [2.45, 2.75) is 18.7 Å². The first kappa shape index (κ1) is 19.9. The van der Waals surface area contributed by atoms with Crippen LogP contribution >= 0.6 is 11.6 Å². The number of halogens is 1. The summed E-state index contributed by atoms with van der Waals surface area (Å²) < 4.78 is 26.6. The number of piperazine rings is 1. The van der Waals surface area contributed by atoms with Crippen LogP contribution in [0.25, 0.3) is 0 Å². The summed E-state index contributed by atoms with van der Waals surface area (Å²) in [5.74, 6) is 0.805. The highest BCUT2D eigenvalue weighted by Gasteiger charge is 2.23. The maximum Gasteiger partial charge on any atom is 0.244 e. The first-order chi connectivity index (χ1) is 13.0. The van der Waals surface area contributed by atoms with Gasteiger partial charge in [-0.1, -0.05) is 31.5 Å². The standard InChI is InChI=1S/C19H25ClN4O2S/c1-3-24(4-2)27(25,26)18-8-9-19(21-15-18)23-12-10-22(11-13-23)17-7-5-6-16(20)14-17/h5-9,14-15H,3-4,10-13H2,1-2H3. The fourth-order valence-electron chi connectivity index (χ4n) is 3.29. The van der Waals surface area contributed by atoms with Crippen molar-refractivity contribution in [1.82, 2.24) is 9.29 Å². The summed E-state index contributed by atoms with van der Waals surface area (Å²) >= 11 is 6.08. The molecule has 0 saturated carbocycles. The van der Waals surface area contributed by atoms with E-state index in [-0.39, 0.29) is 4.90 Å². The van der Waals surface area contributed by atoms with Crippen LogP contribution in [-0.4, -0.2) is 57.0 Å². The van der Waals surface area contributed by atoms with Gasteiger partial charge in [0.05, 0.1) is 0 Å². The van der Waals surface area contributed by atoms with Gasteiger partial charge in [0, 0.05) is 56.2 Å². The summed E-state index contributed by atoms with van der Waals surface area (Å²) in [5.41, 5.74) is 1.12. The number of hydrogen-bond acceptors (Lipinski definition) is 5. The molecule has 0 unspecified atom stereocenters. The highest BCUT2D eigenvalue weighted by Crippen LogP contribution is 2.23. The van der Waals surface area contributed by atoms with Crippen molar-refractivity contribution in [2.24, 2.45) is 0 Å². The largest absolute Gasteiger partial charge is 0.368 e. The average molecular weight is 409 g/mol. The molecular formula is C19H25ClN4O2S. The first-order valence-corrected chi connectivity index (χ1v) is 11.0. The molecule has 0 spiro atoms. The second-order valence-electron chi connectivity index (χ2n) is 6.40. The zero-order valence-electron chi connectivity index (χ0n) is 15.7. The zero-order valence-corrected chi connectivity index (χ0v) is 17.2. The molecule has 2 aromatic rings. The molecule has 0 atom stereocenters. The number of aromatic nitrogens is 1. The van der Waals surface area contributed by atoms with Gasteiger partial charge in [-0.3, -0.25) is 0 Å². The van der Waals surface area contributed by atoms with Gasteiger partial charge >= 0.3 is 0 Å². The Morgan fingerprint density at radius 3 is 2.26 bits per heavy atom. The number of rotatable bonds is 6. The third-order valence-electron chi connectivity index (χ3n) is 4.84. The molecule has 6 nitrogen and oxygen atoms in total. The van der Waals surface area contributed by atoms with Crippen molar-refractivity contribution >= 4 is 33.1 Å². The van der Waals surface area contributed by atoms with Gasteiger partial charge < -0.3 is 9.80 Å². The molecule has 0 radical (unpaired) electrons. The lowest BCUT2D eigenvalue weighted by Crippen LogP contribution is -2.46. The zero-order chi connectivity index (χ0) is 19.4. The topological polar surface area (TPSA) is 56.8 Å². The first-order valence-electron chi connectivity index (χ1n) is 9.17. The smallest absolute Gasteiger partial charge is 0.244 e. The predicted octanol–water partition coefficient (Wildman–Crippen LogP) is 3.09. The van der Waals surface area contributed by atoms with Gasteiger partial charge in [0.2, 0.25) is 10.0 Å². The van der Waals surface area contributed by atoms with Gasteiger partial charge in [-0.2, -0.15) is 4.31 Å². The van der Waals surface area contributed by atoms with E-state index < -0.39 is 10.0 Å². The number of sulfonamides is 1. The summed E-state index contributed by atoms with van der Waals surface area (Å²) in [6.07, 6.45) is 1.46. The second-order valence-corrected chi connectivity index (χ2v) is 8.77. The molecule has 1 aliphatic rings. The number of benzene rings is 1. The number of anilines is 2. The molecule has 1 saturated heterocycles. The fraction of sp³-hybridized carbons (Fsp3) is 0.421. The van der Waals surface area contributed by atoms with Crippen LogP contribution in [0, 0.1) is 0 Å². The quantitative estimate of drug-likeness (QED) is 0.735. The maximum atomic E-state index is 12.6. The van der Waals surface area contributed by atoms with E-state index in [1.54, 1.807) is 12.1 Å². The molecule has 1 aromatic heterocycles. The number of hydrogen-bond donors (Lipinski definition) is 0. The SMILES string of the molecule is CCN(CC)S(=O)(=O)c1ccc(N2CCN(c3cccc(Cl)c3)CC2)nc1. The Morgan fingerprint density at radius 2 is 1.70 bits per heavy atom. The van der Waals surface area contributed by atoms with Crippen molar-refractivity contribution in [1.29, 1.82) is 0 Å². The molecule has 0 aliphatic carbocycles. The van der Waals surface area contributed by atoms with E-state index in [4.69, 9.17) is 11.6 Å². The van der Waals surface area contributed by atoms with Gasteiger partial charge in [-0.15, -0.1) is 0 Å². The van der Waals surface area contributed by atoms with Crippen LogP contribution < -0.4 is 9.80 Å². The molecule has 3 rings (SSSR count). The highest BCUT2D eigenvalue weighted by atomic mass is 35.5. The van der Waals surface area contributed by atoms with Gasteiger partial charge in [0.1, 0.15) is 10.7 Å². The summed E-state index contributed by atoms with van der Waals surface area (Å²) in [6, 6.07) is 11.3. The van der Waals surface area contributed by atoms with E-state index >= 15 is 0 Å². The third-order valence-corrected chi connectivity index (χ3v) is 7.11. The van der Waals surface area contributed by atoms with E-state index in [0.717, 1.165) is 42.7 Å². The minimum atomic E-state index is -3.47. The van der Waals surface area contributed by atoms with Gasteiger partial charge in [0.25, 0.3) is 0 Å². The maximum absolute atomic E-state index is 12.6. The minimum absolute atomic E-state index is 0.243. The minimum Gasteiger partial charge on any atom is -0.368 e. The molecule has 146 valence electrons. The molecule has 0 amide bonds. The molecule has 0 N–H and O–H groups in total. The third kappa shape index (κ3) is 4.36. The monoisotopic (exact) mass is 408 g/mol. The van der Waals surface area contributed by atoms with Crippen LogP contribution in [-0.2, 0) is 10.0 Å². The van der Waals surface area contributed by atoms with Crippen molar-refractivity contribution in [3.8, 4) is 0 Å². The van der Waals surface area contributed by atoms with Gasteiger partial charge in [-0.05, 0) is 30.3 Å². The van der Waals surface area contributed by atoms with Gasteiger partial charge in [-0.25, -0.2) is 13.4 Å². The van der Waals surface area contributed by atoms with Crippen LogP contribution in [0.15, 0.2) is 47.5 Å². The van der Waals surface area contributed by atoms with Crippen LogP contribution in [0.4, 0.5) is 11.5 Å². The van der Waals surface area contributed by atoms with Crippen molar-refractivity contribution in [3.63, 3.8) is 0 Å². The van der Waals surface area contributed by atoms with E-state index in [2.05, 4.69) is 20.9 Å². The van der Waals surface area contributed by atoms with E-state index in [1.807, 2.05) is 32.0 Å². The lowest BCUT2D eigenvalue weighted by Gasteiger charge is -2.36. The Bertz CT molecular complexity index is 862. The van der Waals surface area contributed by atoms with Crippen LogP contribution in [0.2, 0.25) is 5.02 Å². The molecule has 1 aliphatic heterocycles. The predicted molar refractivity (Wildman–Crippen MR) is 110 cm³/mol. The normalized spacial score (nSPS) is 15.4. The number of pyridine rings is 1. The van der Waals surface area contributed by atoms with Crippen LogP contribution in [0.1, 0.15) is 13.8 Å². The summed E-state index contributed by atoms with van der Waals surface area (Å²) in [7, 11) is -3.47. The summed E-state index contributed by atoms with van der Waals surface area (Å²) in [6.45, 7) is 7.94. The molecule has 1 aromatic carbocycles. The van der Waals surface area contributed by atoms with E-state index in [1.165, 1.54) is 10.5 Å². The van der Waals surface area contributed by atoms with Crippen LogP contribution in [0.5, 0.6) is 0 Å². The molecule has 27 heavy (non-hydrogen) atoms. The summed E-state index contributed by atoms with van der Waals surface area (Å²) in [5, 5.41) is 0.738. The molecule has 8 heteroatoms. The molecule has 1 fully saturated rings. The Balaban J connectivity index is 1.67. The van der Waals surface area contributed by atoms with Crippen molar-refractivity contribution in [3.05, 3.63) is 47.6 Å². The molecule has 0 bridgehead atoms. The lowest BCUT2D eigenvalue weighted by molar-refractivity contribution is 0.445. The number of nitrogens with zero attached hydrogens (tertiary/aromatic N) is 4. The lowest BCUT2D eigenvalue weighted by atomic mass is 10.2. The van der Waals surface area contributed by atoms with Crippen molar-refractivity contribution < 1.29 is 8.42 Å². The van der Waals surface area contributed by atoms with Crippen molar-refractivity contribution in [2.75, 3.05) is 49.1 Å². The highest BCUT2D eigenvalue weighted by molar-refractivity contribution is 7.89. The van der Waals surface area contributed by atoms with E-state index in [9.17, 15) is 8.42 Å². The Hall–Kier alpha value is -1.83. The summed E-state index contributed by atoms with van der Waals surface area (Å²) in [4.78, 5) is 9.12. The molecule has 2 heterocycles. The average Bonchev–Trinajstić information content (AvgIpc) is 2.69. The van der Waals surface area contributed by atoms with Gasteiger partial charge in [0.15, 0.2) is 0 Å². The Morgan fingerprint density at radius 1 is 1.04 bits per heavy atom. The Kier molecular flexibility index (Phi) is 6.24. The molecular weight excluding hydrogens is 384 g/mol. The Labute approximate surface area is 166 Å². The second kappa shape index (κ2) is 8.46. The van der Waals surface area contributed by atoms with E-state index in [0.29, 0.717) is 13.1 Å². The fourth-order valence-corrected chi connectivity index (χ4v) is 4.88.